The molecule has 1 N–H and O–H groups in total. The van der Waals surface area contributed by atoms with Gasteiger partial charge in [-0.1, -0.05) is 0 Å². The summed E-state index contributed by atoms with van der Waals surface area (Å²) in [6.45, 7) is 3.09. The lowest BCUT2D eigenvalue weighted by Gasteiger charge is -2.37. The average molecular weight is 359 g/mol. The second-order valence-electron chi connectivity index (χ2n) is 6.74. The molecule has 3 heterocycles. The van der Waals surface area contributed by atoms with E-state index in [1.807, 2.05) is 11.0 Å². The molecule has 0 aliphatic carbocycles. The molecule has 1 saturated heterocycles. The van der Waals surface area contributed by atoms with Crippen LogP contribution in [0.15, 0.2) is 22.9 Å². The number of hydrogen-bond acceptors (Lipinski definition) is 5. The molecular weight excluding hydrogens is 334 g/mol. The van der Waals surface area contributed by atoms with Gasteiger partial charge in [-0.15, -0.1) is 0 Å². The third kappa shape index (κ3) is 4.50. The number of likely N-dealkylation sites (N-methyl/N-ethyl adjacent to an activating group) is 1. The number of carbonyl (C=O) groups is 2. The lowest BCUT2D eigenvalue weighted by Crippen LogP contribution is -2.50. The molecule has 1 aliphatic rings. The normalized spacial score (nSPS) is 17.3. The van der Waals surface area contributed by atoms with Crippen LogP contribution in [0.3, 0.4) is 0 Å². The number of H-pyrrole nitrogens is 1. The zero-order chi connectivity index (χ0) is 18.5. The molecule has 0 radical (unpaired) electrons. The molecule has 0 saturated carbocycles. The molecule has 0 bridgehead atoms. The van der Waals surface area contributed by atoms with Gasteiger partial charge in [-0.25, -0.2) is 4.98 Å². The molecule has 8 nitrogen and oxygen atoms in total. The smallest absolute Gasteiger partial charge is 0.230 e. The van der Waals surface area contributed by atoms with E-state index in [1.54, 1.807) is 31.3 Å². The molecular formula is C18H25N5O3. The molecule has 2 aromatic rings. The van der Waals surface area contributed by atoms with Gasteiger partial charge in [-0.2, -0.15) is 5.10 Å². The van der Waals surface area contributed by atoms with Crippen molar-refractivity contribution in [3.8, 4) is 0 Å². The Labute approximate surface area is 152 Å². The van der Waals surface area contributed by atoms with Gasteiger partial charge in [-0.05, 0) is 25.3 Å². The highest BCUT2D eigenvalue weighted by Crippen LogP contribution is 2.17. The highest BCUT2D eigenvalue weighted by atomic mass is 16.4. The van der Waals surface area contributed by atoms with Gasteiger partial charge in [-0.3, -0.25) is 14.7 Å². The number of amides is 2. The van der Waals surface area contributed by atoms with Crippen molar-refractivity contribution in [2.24, 2.45) is 0 Å². The van der Waals surface area contributed by atoms with Crippen LogP contribution < -0.4 is 0 Å². The molecule has 0 spiro atoms. The fraction of sp³-hybridized carbons (Fsp3) is 0.556. The number of nitrogens with zero attached hydrogens (tertiary/aromatic N) is 4. The van der Waals surface area contributed by atoms with Gasteiger partial charge in [0.1, 0.15) is 5.76 Å². The number of oxazole rings is 1. The van der Waals surface area contributed by atoms with Crippen LogP contribution in [0.4, 0.5) is 0 Å². The minimum atomic E-state index is -0.0158. The molecule has 0 aromatic carbocycles. The van der Waals surface area contributed by atoms with Gasteiger partial charge in [0.05, 0.1) is 12.6 Å². The van der Waals surface area contributed by atoms with E-state index in [4.69, 9.17) is 4.42 Å². The van der Waals surface area contributed by atoms with Crippen LogP contribution in [-0.2, 0) is 22.4 Å². The molecule has 2 aromatic heterocycles. The highest BCUT2D eigenvalue weighted by Gasteiger charge is 2.28. The second-order valence-corrected chi connectivity index (χ2v) is 6.74. The SMILES string of the molecule is Cc1ncc(CC(=O)N(C)C2CCCN(C(=O)CCc3ccn[nH]3)C2)o1. The summed E-state index contributed by atoms with van der Waals surface area (Å²) in [5.74, 6) is 1.23. The number of likely N-dealkylation sites (tertiary alicyclic amines) is 1. The minimum Gasteiger partial charge on any atom is -0.446 e. The first kappa shape index (κ1) is 18.2. The topological polar surface area (TPSA) is 95.3 Å². The van der Waals surface area contributed by atoms with Crippen LogP contribution in [0.5, 0.6) is 0 Å². The monoisotopic (exact) mass is 359 g/mol. The van der Waals surface area contributed by atoms with Gasteiger partial charge < -0.3 is 14.2 Å². The molecule has 1 fully saturated rings. The number of hydrogen-bond donors (Lipinski definition) is 1. The summed E-state index contributed by atoms with van der Waals surface area (Å²) in [5, 5.41) is 6.77. The largest absolute Gasteiger partial charge is 0.446 e. The molecule has 1 unspecified atom stereocenters. The Kier molecular flexibility index (Phi) is 5.70. The molecule has 1 atom stereocenters. The third-order valence-electron chi connectivity index (χ3n) is 4.85. The second kappa shape index (κ2) is 8.16. The molecule has 3 rings (SSSR count). The van der Waals surface area contributed by atoms with Gasteiger partial charge in [0.15, 0.2) is 5.89 Å². The van der Waals surface area contributed by atoms with Gasteiger partial charge >= 0.3 is 0 Å². The van der Waals surface area contributed by atoms with Crippen LogP contribution in [0.1, 0.15) is 36.6 Å². The maximum Gasteiger partial charge on any atom is 0.230 e. The maximum atomic E-state index is 12.5. The van der Waals surface area contributed by atoms with E-state index in [2.05, 4.69) is 15.2 Å². The summed E-state index contributed by atoms with van der Waals surface area (Å²) < 4.78 is 5.39. The summed E-state index contributed by atoms with van der Waals surface area (Å²) in [6.07, 6.45) is 6.38. The number of piperidine rings is 1. The maximum absolute atomic E-state index is 12.5. The van der Waals surface area contributed by atoms with E-state index in [-0.39, 0.29) is 24.3 Å². The fourth-order valence-corrected chi connectivity index (χ4v) is 3.29. The van der Waals surface area contributed by atoms with Crippen molar-refractivity contribution in [1.29, 1.82) is 0 Å². The third-order valence-corrected chi connectivity index (χ3v) is 4.85. The summed E-state index contributed by atoms with van der Waals surface area (Å²) in [5.41, 5.74) is 0.960. The first-order valence-electron chi connectivity index (χ1n) is 8.96. The van der Waals surface area contributed by atoms with Crippen LogP contribution in [0.2, 0.25) is 0 Å². The van der Waals surface area contributed by atoms with Crippen molar-refractivity contribution in [2.45, 2.75) is 45.1 Å². The van der Waals surface area contributed by atoms with Crippen LogP contribution in [-0.4, -0.2) is 63.0 Å². The Morgan fingerprint density at radius 1 is 1.46 bits per heavy atom. The van der Waals surface area contributed by atoms with Gasteiger partial charge in [0.2, 0.25) is 11.8 Å². The summed E-state index contributed by atoms with van der Waals surface area (Å²) in [7, 11) is 1.80. The van der Waals surface area contributed by atoms with E-state index < -0.39 is 0 Å². The van der Waals surface area contributed by atoms with Crippen molar-refractivity contribution in [3.05, 3.63) is 35.8 Å². The van der Waals surface area contributed by atoms with Gasteiger partial charge in [0.25, 0.3) is 0 Å². The molecule has 26 heavy (non-hydrogen) atoms. The predicted molar refractivity (Wildman–Crippen MR) is 94.2 cm³/mol. The Balaban J connectivity index is 1.51. The van der Waals surface area contributed by atoms with Crippen molar-refractivity contribution in [1.82, 2.24) is 25.0 Å². The standard InChI is InChI=1S/C18H25N5O3/c1-13-19-11-16(26-13)10-18(25)22(2)15-4-3-9-23(12-15)17(24)6-5-14-7-8-20-21-14/h7-8,11,15H,3-6,9-10,12H2,1-2H3,(H,20,21). The first-order valence-corrected chi connectivity index (χ1v) is 8.96. The number of nitrogens with one attached hydrogen (secondary N) is 1. The summed E-state index contributed by atoms with van der Waals surface area (Å²) in [6, 6.07) is 1.92. The summed E-state index contributed by atoms with van der Waals surface area (Å²) in [4.78, 5) is 32.6. The Morgan fingerprint density at radius 2 is 2.31 bits per heavy atom. The van der Waals surface area contributed by atoms with E-state index in [0.29, 0.717) is 31.0 Å². The quantitative estimate of drug-likeness (QED) is 0.839. The summed E-state index contributed by atoms with van der Waals surface area (Å²) >= 11 is 0. The fourth-order valence-electron chi connectivity index (χ4n) is 3.29. The zero-order valence-corrected chi connectivity index (χ0v) is 15.3. The van der Waals surface area contributed by atoms with E-state index in [1.165, 1.54) is 0 Å². The Hall–Kier alpha value is -2.64. The molecule has 1 aliphatic heterocycles. The van der Waals surface area contributed by atoms with Crippen molar-refractivity contribution in [3.63, 3.8) is 0 Å². The molecule has 8 heteroatoms. The van der Waals surface area contributed by atoms with Crippen molar-refractivity contribution >= 4 is 11.8 Å². The minimum absolute atomic E-state index is 0.0158. The predicted octanol–water partition coefficient (Wildman–Crippen LogP) is 1.33. The van der Waals surface area contributed by atoms with Gasteiger partial charge in [0, 0.05) is 51.4 Å². The first-order chi connectivity index (χ1) is 12.5. The van der Waals surface area contributed by atoms with E-state index >= 15 is 0 Å². The Morgan fingerprint density at radius 3 is 3.00 bits per heavy atom. The lowest BCUT2D eigenvalue weighted by molar-refractivity contribution is -0.138. The molecule has 140 valence electrons. The van der Waals surface area contributed by atoms with Crippen LogP contribution in [0, 0.1) is 6.92 Å². The van der Waals surface area contributed by atoms with Crippen LogP contribution in [0.25, 0.3) is 0 Å². The number of carbonyl (C=O) groups excluding carboxylic acids is 2. The number of rotatable bonds is 6. The lowest BCUT2D eigenvalue weighted by atomic mass is 10.0. The average Bonchev–Trinajstić information content (AvgIpc) is 3.30. The highest BCUT2D eigenvalue weighted by molar-refractivity contribution is 5.79. The van der Waals surface area contributed by atoms with Crippen molar-refractivity contribution < 1.29 is 14.0 Å². The van der Waals surface area contributed by atoms with Crippen LogP contribution >= 0.6 is 0 Å². The number of aryl methyl sites for hydroxylation is 2. The van der Waals surface area contributed by atoms with Crippen molar-refractivity contribution in [2.75, 3.05) is 20.1 Å². The number of aromatic amines is 1. The molecule has 2 amide bonds. The van der Waals surface area contributed by atoms with E-state index in [0.717, 1.165) is 25.1 Å². The number of aromatic nitrogens is 3. The zero-order valence-electron chi connectivity index (χ0n) is 15.3. The van der Waals surface area contributed by atoms with E-state index in [9.17, 15) is 9.59 Å². The Bertz CT molecular complexity index is 740.